The Kier molecular flexibility index (Phi) is 10.8. The van der Waals surface area contributed by atoms with E-state index in [-0.39, 0.29) is 27.8 Å². The molecule has 54 heavy (non-hydrogen) atoms. The first kappa shape index (κ1) is 37.6. The molecule has 0 aliphatic rings. The number of pyridine rings is 1. The number of anilines is 3. The fourth-order valence-corrected chi connectivity index (χ4v) is 5.49. The molecule has 3 aromatic heterocycles. The number of nitrogens with one attached hydrogen (secondary N) is 1. The van der Waals surface area contributed by atoms with Crippen molar-refractivity contribution in [2.45, 2.75) is 13.1 Å². The third-order valence-electron chi connectivity index (χ3n) is 7.88. The van der Waals surface area contributed by atoms with Crippen LogP contribution in [0.3, 0.4) is 0 Å². The summed E-state index contributed by atoms with van der Waals surface area (Å²) < 4.78 is 77.3. The number of fused-ring (bicyclic) bond motifs is 1. The summed E-state index contributed by atoms with van der Waals surface area (Å²) in [4.78, 5) is 41.0. The zero-order chi connectivity index (χ0) is 38.7. The summed E-state index contributed by atoms with van der Waals surface area (Å²) in [6.07, 6.45) is -2.40. The van der Waals surface area contributed by atoms with Crippen LogP contribution in [0.1, 0.15) is 15.9 Å². The first-order valence-electron chi connectivity index (χ1n) is 16.0. The number of aryl methyl sites for hydroxylation is 1. The van der Waals surface area contributed by atoms with Crippen LogP contribution in [0.15, 0.2) is 91.3 Å². The lowest BCUT2D eigenvalue weighted by atomic mass is 10.0. The Morgan fingerprint density at radius 3 is 2.52 bits per heavy atom. The van der Waals surface area contributed by atoms with Crippen molar-refractivity contribution in [3.8, 4) is 28.3 Å². The molecule has 17 heteroatoms. The van der Waals surface area contributed by atoms with Crippen LogP contribution < -0.4 is 15.1 Å². The van der Waals surface area contributed by atoms with Gasteiger partial charge in [0, 0.05) is 30.2 Å². The first-order chi connectivity index (χ1) is 25.7. The number of likely N-dealkylation sites (N-methyl/N-ethyl adjacent to an activating group) is 1. The van der Waals surface area contributed by atoms with E-state index in [1.165, 1.54) is 35.8 Å². The van der Waals surface area contributed by atoms with E-state index in [4.69, 9.17) is 16.3 Å². The zero-order valence-electron chi connectivity index (χ0n) is 28.7. The molecule has 0 fully saturated rings. The molecular formula is C37H29ClF5N7O4. The summed E-state index contributed by atoms with van der Waals surface area (Å²) in [7, 11) is 3.85. The molecule has 0 saturated heterocycles. The van der Waals surface area contributed by atoms with Crippen molar-refractivity contribution in [2.24, 2.45) is 0 Å². The fourth-order valence-electron chi connectivity index (χ4n) is 5.25. The van der Waals surface area contributed by atoms with Gasteiger partial charge in [0.1, 0.15) is 35.2 Å². The number of halogens is 6. The SMILES string of the molecule is Cc1ccc(F)c(C(=O)N(OC(=O)C(F)(F)F)c2cccc(-c3nn4ccccc4c3-c3ccnc(Nc4ccc(OCCN(C)C)c(Cl)c4)n3)c2)c1F. The Hall–Kier alpha value is -6.13. The minimum atomic E-state index is -5.56. The van der Waals surface area contributed by atoms with E-state index in [0.29, 0.717) is 46.4 Å². The molecule has 0 spiro atoms. The molecule has 3 heterocycles. The van der Waals surface area contributed by atoms with Crippen molar-refractivity contribution in [1.82, 2.24) is 24.5 Å². The number of aromatic nitrogens is 4. The number of carbonyl (C=O) groups excluding carboxylic acids is 2. The molecule has 0 bridgehead atoms. The van der Waals surface area contributed by atoms with Gasteiger partial charge >= 0.3 is 12.1 Å². The van der Waals surface area contributed by atoms with Gasteiger partial charge in [0.2, 0.25) is 5.95 Å². The number of amides is 1. The van der Waals surface area contributed by atoms with E-state index in [0.717, 1.165) is 18.2 Å². The molecule has 0 aliphatic heterocycles. The Labute approximate surface area is 309 Å². The molecule has 6 aromatic rings. The maximum absolute atomic E-state index is 15.0. The number of rotatable bonds is 10. The second-order valence-electron chi connectivity index (χ2n) is 12.0. The van der Waals surface area contributed by atoms with Crippen LogP contribution in [0.2, 0.25) is 5.02 Å². The van der Waals surface area contributed by atoms with Crippen LogP contribution in [-0.2, 0) is 9.63 Å². The predicted octanol–water partition coefficient (Wildman–Crippen LogP) is 8.05. The zero-order valence-corrected chi connectivity index (χ0v) is 29.4. The Morgan fingerprint density at radius 2 is 1.78 bits per heavy atom. The van der Waals surface area contributed by atoms with E-state index in [1.807, 2.05) is 19.0 Å². The molecule has 0 atom stereocenters. The molecule has 0 saturated carbocycles. The Morgan fingerprint density at radius 1 is 0.981 bits per heavy atom. The summed E-state index contributed by atoms with van der Waals surface area (Å²) in [5, 5.41) is 8.03. The second kappa shape index (κ2) is 15.5. The summed E-state index contributed by atoms with van der Waals surface area (Å²) >= 11 is 6.46. The topological polar surface area (TPSA) is 114 Å². The van der Waals surface area contributed by atoms with E-state index in [2.05, 4.69) is 25.2 Å². The van der Waals surface area contributed by atoms with Crippen molar-refractivity contribution in [3.05, 3.63) is 119 Å². The summed E-state index contributed by atoms with van der Waals surface area (Å²) in [6, 6.07) is 18.9. The van der Waals surface area contributed by atoms with Gasteiger partial charge in [0.25, 0.3) is 5.91 Å². The number of hydrogen-bond donors (Lipinski definition) is 1. The van der Waals surface area contributed by atoms with Crippen LogP contribution in [-0.4, -0.2) is 69.8 Å². The fraction of sp³-hybridized carbons (Fsp3) is 0.162. The van der Waals surface area contributed by atoms with Crippen molar-refractivity contribution < 1.29 is 41.1 Å². The Bertz CT molecular complexity index is 2370. The number of carbonyl (C=O) groups is 2. The minimum absolute atomic E-state index is 0.105. The number of benzene rings is 3. The average molecular weight is 766 g/mol. The molecule has 3 aromatic carbocycles. The molecule has 0 aliphatic carbocycles. The number of hydroxylamine groups is 1. The summed E-state index contributed by atoms with van der Waals surface area (Å²) in [6.45, 7) is 2.36. The monoisotopic (exact) mass is 765 g/mol. The lowest BCUT2D eigenvalue weighted by Gasteiger charge is -2.23. The highest BCUT2D eigenvalue weighted by atomic mass is 35.5. The van der Waals surface area contributed by atoms with Gasteiger partial charge in [-0.3, -0.25) is 4.79 Å². The molecule has 6 rings (SSSR count). The smallest absolute Gasteiger partial charge is 0.491 e. The van der Waals surface area contributed by atoms with E-state index in [1.54, 1.807) is 48.7 Å². The van der Waals surface area contributed by atoms with Gasteiger partial charge in [-0.25, -0.2) is 28.1 Å². The van der Waals surface area contributed by atoms with Crippen molar-refractivity contribution in [3.63, 3.8) is 0 Å². The van der Waals surface area contributed by atoms with Gasteiger partial charge in [-0.05, 0) is 81.2 Å². The lowest BCUT2D eigenvalue weighted by Crippen LogP contribution is -2.39. The van der Waals surface area contributed by atoms with Gasteiger partial charge < -0.3 is 19.8 Å². The van der Waals surface area contributed by atoms with Gasteiger partial charge in [0.05, 0.1) is 27.5 Å². The van der Waals surface area contributed by atoms with E-state index >= 15 is 4.39 Å². The molecule has 0 radical (unpaired) electrons. The molecule has 11 nitrogen and oxygen atoms in total. The van der Waals surface area contributed by atoms with Gasteiger partial charge in [0.15, 0.2) is 0 Å². The van der Waals surface area contributed by atoms with Crippen molar-refractivity contribution in [2.75, 3.05) is 37.6 Å². The predicted molar refractivity (Wildman–Crippen MR) is 190 cm³/mol. The standard InChI is InChI=1S/C37H29ClF5N7O4/c1-21-10-12-26(39)30(32(21)40)34(51)50(54-35(52)37(41,42)43)24-8-6-7-22(19-24)33-31(28-9-4-5-16-49(28)47-33)27-14-15-44-36(46-27)45-23-11-13-29(25(38)20-23)53-18-17-48(2)3/h4-16,19-20H,17-18H2,1-3H3,(H,44,45,46). The summed E-state index contributed by atoms with van der Waals surface area (Å²) in [5.41, 5.74) is 0.514. The quantitative estimate of drug-likeness (QED) is 0.109. The van der Waals surface area contributed by atoms with Crippen molar-refractivity contribution >= 4 is 46.3 Å². The minimum Gasteiger partial charge on any atom is -0.491 e. The normalized spacial score (nSPS) is 11.5. The van der Waals surface area contributed by atoms with Crippen LogP contribution >= 0.6 is 11.6 Å². The van der Waals surface area contributed by atoms with Crippen molar-refractivity contribution in [1.29, 1.82) is 0 Å². The third-order valence-corrected chi connectivity index (χ3v) is 8.17. The number of nitrogens with zero attached hydrogens (tertiary/aromatic N) is 6. The molecule has 278 valence electrons. The highest BCUT2D eigenvalue weighted by Gasteiger charge is 2.44. The highest BCUT2D eigenvalue weighted by Crippen LogP contribution is 2.37. The van der Waals surface area contributed by atoms with E-state index < -0.39 is 40.9 Å². The first-order valence-corrected chi connectivity index (χ1v) is 16.4. The maximum atomic E-state index is 15.0. The number of hydrogen-bond acceptors (Lipinski definition) is 9. The number of alkyl halides is 3. The Balaban J connectivity index is 1.39. The molecule has 1 amide bonds. The van der Waals surface area contributed by atoms with Gasteiger partial charge in [-0.15, -0.1) is 5.06 Å². The van der Waals surface area contributed by atoms with Gasteiger partial charge in [-0.1, -0.05) is 35.9 Å². The second-order valence-corrected chi connectivity index (χ2v) is 12.4. The highest BCUT2D eigenvalue weighted by molar-refractivity contribution is 6.32. The van der Waals surface area contributed by atoms with Crippen LogP contribution in [0.4, 0.5) is 39.3 Å². The van der Waals surface area contributed by atoms with Crippen LogP contribution in [0.5, 0.6) is 5.75 Å². The maximum Gasteiger partial charge on any atom is 0.493 e. The summed E-state index contributed by atoms with van der Waals surface area (Å²) in [5.74, 6) is -6.53. The number of ether oxygens (including phenoxy) is 1. The average Bonchev–Trinajstić information content (AvgIpc) is 3.52. The molecule has 0 unspecified atom stereocenters. The van der Waals surface area contributed by atoms with E-state index in [9.17, 15) is 27.2 Å². The third kappa shape index (κ3) is 8.09. The van der Waals surface area contributed by atoms with Crippen LogP contribution in [0, 0.1) is 18.6 Å². The van der Waals surface area contributed by atoms with Crippen LogP contribution in [0.25, 0.3) is 28.0 Å². The van der Waals surface area contributed by atoms with Gasteiger partial charge in [-0.2, -0.15) is 18.3 Å². The molecule has 1 N–H and O–H groups in total. The molecular weight excluding hydrogens is 737 g/mol. The lowest BCUT2D eigenvalue weighted by molar-refractivity contribution is -0.200. The largest absolute Gasteiger partial charge is 0.493 e.